The molecule has 1 atom stereocenters. The Balaban J connectivity index is 2.61. The molecule has 0 spiro atoms. The minimum atomic E-state index is -5.62. The van der Waals surface area contributed by atoms with Crippen LogP contribution in [0.2, 0.25) is 0 Å². The maximum absolute atomic E-state index is 12.6. The summed E-state index contributed by atoms with van der Waals surface area (Å²) in [6.45, 7) is 0.196. The molecule has 1 unspecified atom stereocenters. The highest BCUT2D eigenvalue weighted by Gasteiger charge is 2.58. The van der Waals surface area contributed by atoms with Gasteiger partial charge < -0.3 is 15.8 Å². The van der Waals surface area contributed by atoms with Gasteiger partial charge in [-0.15, -0.1) is 0 Å². The molecule has 0 aromatic heterocycles. The SMILES string of the molecule is CC1NC(OCC(F)(F)C(F)(F)F)=CC=C1CN. The van der Waals surface area contributed by atoms with E-state index in [2.05, 4.69) is 10.1 Å². The molecule has 18 heavy (non-hydrogen) atoms. The zero-order valence-corrected chi connectivity index (χ0v) is 9.52. The Kier molecular flexibility index (Phi) is 4.20. The van der Waals surface area contributed by atoms with Crippen LogP contribution in [0.5, 0.6) is 0 Å². The van der Waals surface area contributed by atoms with Gasteiger partial charge in [0.25, 0.3) is 0 Å². The topological polar surface area (TPSA) is 47.3 Å². The van der Waals surface area contributed by atoms with Gasteiger partial charge in [0.2, 0.25) is 0 Å². The van der Waals surface area contributed by atoms with E-state index in [9.17, 15) is 22.0 Å². The van der Waals surface area contributed by atoms with Crippen LogP contribution in [0.3, 0.4) is 0 Å². The Morgan fingerprint density at radius 3 is 2.33 bits per heavy atom. The van der Waals surface area contributed by atoms with Gasteiger partial charge in [-0.3, -0.25) is 0 Å². The summed E-state index contributed by atoms with van der Waals surface area (Å²) >= 11 is 0. The lowest BCUT2D eigenvalue weighted by Gasteiger charge is -2.26. The first-order valence-electron chi connectivity index (χ1n) is 5.12. The predicted molar refractivity (Wildman–Crippen MR) is 54.8 cm³/mol. The van der Waals surface area contributed by atoms with E-state index in [4.69, 9.17) is 5.73 Å². The van der Waals surface area contributed by atoms with Crippen LogP contribution in [-0.4, -0.2) is 31.3 Å². The molecule has 0 aliphatic carbocycles. The van der Waals surface area contributed by atoms with Crippen LogP contribution in [0.15, 0.2) is 23.6 Å². The molecule has 0 radical (unpaired) electrons. The van der Waals surface area contributed by atoms with E-state index in [0.717, 1.165) is 5.57 Å². The molecule has 8 heteroatoms. The minimum absolute atomic E-state index is 0.136. The van der Waals surface area contributed by atoms with Crippen molar-refractivity contribution in [1.82, 2.24) is 5.32 Å². The smallest absolute Gasteiger partial charge is 0.456 e. The van der Waals surface area contributed by atoms with E-state index < -0.39 is 18.7 Å². The van der Waals surface area contributed by atoms with Crippen LogP contribution in [0.25, 0.3) is 0 Å². The lowest BCUT2D eigenvalue weighted by Crippen LogP contribution is -2.42. The fourth-order valence-electron chi connectivity index (χ4n) is 1.27. The fourth-order valence-corrected chi connectivity index (χ4v) is 1.27. The van der Waals surface area contributed by atoms with Gasteiger partial charge in [-0.25, -0.2) is 0 Å². The molecule has 1 heterocycles. The van der Waals surface area contributed by atoms with E-state index in [1.165, 1.54) is 12.2 Å². The number of halogens is 5. The number of nitrogens with two attached hydrogens (primary N) is 1. The molecular weight excluding hydrogens is 259 g/mol. The van der Waals surface area contributed by atoms with Crippen molar-refractivity contribution in [3.05, 3.63) is 23.6 Å². The standard InChI is InChI=1S/C10H13F5N2O/c1-6-7(4-16)2-3-8(17-6)18-5-9(11,12)10(13,14)15/h2-3,6,17H,4-5,16H2,1H3. The molecule has 1 aliphatic rings. The number of allylic oxidation sites excluding steroid dienone is 2. The van der Waals surface area contributed by atoms with Crippen molar-refractivity contribution in [1.29, 1.82) is 0 Å². The highest BCUT2D eigenvalue weighted by Crippen LogP contribution is 2.35. The van der Waals surface area contributed by atoms with Gasteiger partial charge in [-0.2, -0.15) is 22.0 Å². The quantitative estimate of drug-likeness (QED) is 0.769. The van der Waals surface area contributed by atoms with Crippen molar-refractivity contribution >= 4 is 0 Å². The molecule has 0 aromatic carbocycles. The van der Waals surface area contributed by atoms with E-state index in [-0.39, 0.29) is 18.5 Å². The van der Waals surface area contributed by atoms with Crippen LogP contribution in [-0.2, 0) is 4.74 Å². The zero-order valence-electron chi connectivity index (χ0n) is 9.52. The van der Waals surface area contributed by atoms with Gasteiger partial charge in [0, 0.05) is 12.6 Å². The number of alkyl halides is 5. The van der Waals surface area contributed by atoms with E-state index in [1.54, 1.807) is 6.92 Å². The summed E-state index contributed by atoms with van der Waals surface area (Å²) in [6, 6.07) is -0.269. The summed E-state index contributed by atoms with van der Waals surface area (Å²) in [5, 5.41) is 2.63. The zero-order chi connectivity index (χ0) is 14.0. The molecule has 0 bridgehead atoms. The number of rotatable bonds is 4. The van der Waals surface area contributed by atoms with Crippen LogP contribution < -0.4 is 11.1 Å². The minimum Gasteiger partial charge on any atom is -0.472 e. The molecule has 0 aromatic rings. The van der Waals surface area contributed by atoms with Gasteiger partial charge in [-0.1, -0.05) is 6.08 Å². The van der Waals surface area contributed by atoms with Crippen LogP contribution >= 0.6 is 0 Å². The molecule has 0 fully saturated rings. The average molecular weight is 272 g/mol. The van der Waals surface area contributed by atoms with Crippen molar-refractivity contribution in [2.75, 3.05) is 13.2 Å². The van der Waals surface area contributed by atoms with Crippen LogP contribution in [0.4, 0.5) is 22.0 Å². The van der Waals surface area contributed by atoms with E-state index >= 15 is 0 Å². The van der Waals surface area contributed by atoms with Crippen LogP contribution in [0, 0.1) is 0 Å². The maximum atomic E-state index is 12.6. The normalized spacial score (nSPS) is 20.9. The molecular formula is C10H13F5N2O. The number of nitrogens with one attached hydrogen (secondary N) is 1. The summed E-state index contributed by atoms with van der Waals surface area (Å²) in [5.74, 6) is -5.01. The molecule has 0 saturated carbocycles. The first-order valence-corrected chi connectivity index (χ1v) is 5.12. The Labute approximate surface area is 100 Å². The summed E-state index contributed by atoms with van der Waals surface area (Å²) in [4.78, 5) is 0. The number of dihydropyridines is 1. The average Bonchev–Trinajstić information content (AvgIpc) is 2.25. The molecule has 1 aliphatic heterocycles. The Bertz CT molecular complexity index is 362. The van der Waals surface area contributed by atoms with Gasteiger partial charge >= 0.3 is 12.1 Å². The van der Waals surface area contributed by atoms with Crippen molar-refractivity contribution in [3.63, 3.8) is 0 Å². The third kappa shape index (κ3) is 3.34. The molecule has 0 saturated heterocycles. The molecule has 0 amide bonds. The molecule has 3 N–H and O–H groups in total. The Morgan fingerprint density at radius 1 is 1.28 bits per heavy atom. The van der Waals surface area contributed by atoms with Gasteiger partial charge in [0.15, 0.2) is 12.5 Å². The third-order valence-corrected chi connectivity index (χ3v) is 2.42. The lowest BCUT2D eigenvalue weighted by molar-refractivity contribution is -0.294. The molecule has 104 valence electrons. The summed E-state index contributed by atoms with van der Waals surface area (Å²) in [5.41, 5.74) is 6.19. The highest BCUT2D eigenvalue weighted by atomic mass is 19.4. The first kappa shape index (κ1) is 14.7. The maximum Gasteiger partial charge on any atom is 0.456 e. The number of hydrogen-bond acceptors (Lipinski definition) is 3. The van der Waals surface area contributed by atoms with Crippen molar-refractivity contribution < 1.29 is 26.7 Å². The third-order valence-electron chi connectivity index (χ3n) is 2.42. The fraction of sp³-hybridized carbons (Fsp3) is 0.600. The highest BCUT2D eigenvalue weighted by molar-refractivity contribution is 5.25. The molecule has 1 rings (SSSR count). The lowest BCUT2D eigenvalue weighted by atomic mass is 10.1. The van der Waals surface area contributed by atoms with Gasteiger partial charge in [0.1, 0.15) is 0 Å². The van der Waals surface area contributed by atoms with Gasteiger partial charge in [0.05, 0.1) is 0 Å². The second-order valence-electron chi connectivity index (χ2n) is 3.83. The number of ether oxygens (including phenoxy) is 1. The van der Waals surface area contributed by atoms with Crippen molar-refractivity contribution in [2.45, 2.75) is 25.1 Å². The second-order valence-corrected chi connectivity index (χ2v) is 3.83. The summed E-state index contributed by atoms with van der Waals surface area (Å²) in [6.07, 6.45) is -2.82. The van der Waals surface area contributed by atoms with Crippen LogP contribution in [0.1, 0.15) is 6.92 Å². The van der Waals surface area contributed by atoms with E-state index in [1.807, 2.05) is 0 Å². The summed E-state index contributed by atoms with van der Waals surface area (Å²) in [7, 11) is 0. The largest absolute Gasteiger partial charge is 0.472 e. The Hall–Kier alpha value is -1.31. The van der Waals surface area contributed by atoms with Crippen molar-refractivity contribution in [2.24, 2.45) is 5.73 Å². The number of hydrogen-bond donors (Lipinski definition) is 2. The van der Waals surface area contributed by atoms with Crippen molar-refractivity contribution in [3.8, 4) is 0 Å². The Morgan fingerprint density at radius 2 is 1.89 bits per heavy atom. The second kappa shape index (κ2) is 5.13. The molecule has 3 nitrogen and oxygen atoms in total. The first-order chi connectivity index (χ1) is 8.17. The predicted octanol–water partition coefficient (Wildman–Crippen LogP) is 1.92. The van der Waals surface area contributed by atoms with Gasteiger partial charge in [-0.05, 0) is 18.6 Å². The monoisotopic (exact) mass is 272 g/mol. The summed E-state index contributed by atoms with van der Waals surface area (Å²) < 4.78 is 65.3. The van der Waals surface area contributed by atoms with E-state index in [0.29, 0.717) is 0 Å².